The smallest absolute Gasteiger partial charge is 0.225 e. The summed E-state index contributed by atoms with van der Waals surface area (Å²) >= 11 is 0. The molecule has 0 aliphatic carbocycles. The van der Waals surface area contributed by atoms with Crippen molar-refractivity contribution in [3.05, 3.63) is 76.9 Å². The van der Waals surface area contributed by atoms with Gasteiger partial charge in [-0.3, -0.25) is 0 Å². The van der Waals surface area contributed by atoms with E-state index in [0.29, 0.717) is 0 Å². The van der Waals surface area contributed by atoms with Crippen LogP contribution in [-0.2, 0) is 22.4 Å². The number of nitrogens with two attached hydrogens (primary N) is 1. The molecular formula is C20H9F10NO2S. The molecule has 0 unspecified atom stereocenters. The van der Waals surface area contributed by atoms with E-state index in [4.69, 9.17) is 5.14 Å². The molecule has 34 heavy (non-hydrogen) atoms. The first kappa shape index (κ1) is 25.5. The van der Waals surface area contributed by atoms with E-state index in [9.17, 15) is 52.3 Å². The first-order valence-corrected chi connectivity index (χ1v) is 10.3. The summed E-state index contributed by atoms with van der Waals surface area (Å²) in [6.45, 7) is 0. The van der Waals surface area contributed by atoms with Gasteiger partial charge in [-0.2, -0.15) is 26.3 Å². The van der Waals surface area contributed by atoms with Gasteiger partial charge in [-0.15, -0.1) is 0 Å². The van der Waals surface area contributed by atoms with E-state index in [-0.39, 0.29) is 18.2 Å². The van der Waals surface area contributed by atoms with Crippen LogP contribution in [0.15, 0.2) is 47.4 Å². The van der Waals surface area contributed by atoms with Crippen LogP contribution in [0.25, 0.3) is 22.3 Å². The maximum absolute atomic E-state index is 14.7. The number of benzene rings is 3. The van der Waals surface area contributed by atoms with Crippen LogP contribution in [0.5, 0.6) is 0 Å². The van der Waals surface area contributed by atoms with Gasteiger partial charge < -0.3 is 0 Å². The Morgan fingerprint density at radius 2 is 0.971 bits per heavy atom. The molecule has 2 N–H and O–H groups in total. The molecule has 0 radical (unpaired) electrons. The van der Waals surface area contributed by atoms with Gasteiger partial charge in [-0.1, -0.05) is 12.1 Å². The third-order valence-corrected chi connectivity index (χ3v) is 5.54. The molecule has 3 aromatic carbocycles. The van der Waals surface area contributed by atoms with Crippen LogP contribution in [0.3, 0.4) is 0 Å². The largest absolute Gasteiger partial charge is 0.416 e. The van der Waals surface area contributed by atoms with Crippen LogP contribution in [0, 0.1) is 23.3 Å². The number of rotatable bonds is 3. The van der Waals surface area contributed by atoms with Crippen molar-refractivity contribution >= 4 is 10.0 Å². The standard InChI is InChI=1S/C20H9F10NO2S/c21-15-13(8-1-3-12(4-2-8)34(31,32)33)14(16(22)18(24)17(15)23)9-5-10(19(25,26)27)7-11(6-9)20(28,29)30/h1-7H,(H2,31,32,33). The van der Waals surface area contributed by atoms with Crippen LogP contribution < -0.4 is 5.14 Å². The van der Waals surface area contributed by atoms with Gasteiger partial charge in [-0.05, 0) is 41.5 Å². The Morgan fingerprint density at radius 3 is 1.32 bits per heavy atom. The Morgan fingerprint density at radius 1 is 0.588 bits per heavy atom. The van der Waals surface area contributed by atoms with Gasteiger partial charge in [-0.25, -0.2) is 31.1 Å². The summed E-state index contributed by atoms with van der Waals surface area (Å²) in [5, 5.41) is 4.89. The number of halogens is 10. The van der Waals surface area contributed by atoms with Crippen molar-refractivity contribution in [2.24, 2.45) is 5.14 Å². The first-order chi connectivity index (χ1) is 15.4. The molecule has 182 valence electrons. The molecule has 0 amide bonds. The van der Waals surface area contributed by atoms with E-state index in [2.05, 4.69) is 0 Å². The second-order valence-electron chi connectivity index (χ2n) is 6.87. The minimum absolute atomic E-state index is 0.00660. The lowest BCUT2D eigenvalue weighted by Crippen LogP contribution is -2.12. The highest BCUT2D eigenvalue weighted by atomic mass is 32.2. The summed E-state index contributed by atoms with van der Waals surface area (Å²) in [6, 6.07) is 2.66. The van der Waals surface area contributed by atoms with Gasteiger partial charge in [0.05, 0.1) is 16.0 Å². The van der Waals surface area contributed by atoms with Crippen LogP contribution in [0.2, 0.25) is 0 Å². The van der Waals surface area contributed by atoms with Crippen molar-refractivity contribution in [2.75, 3.05) is 0 Å². The van der Waals surface area contributed by atoms with E-state index in [1.807, 2.05) is 0 Å². The van der Waals surface area contributed by atoms with E-state index in [0.717, 1.165) is 24.3 Å². The van der Waals surface area contributed by atoms with Gasteiger partial charge in [0.1, 0.15) is 0 Å². The summed E-state index contributed by atoms with van der Waals surface area (Å²) in [5.41, 5.74) is -8.39. The van der Waals surface area contributed by atoms with E-state index in [1.54, 1.807) is 0 Å². The molecule has 14 heteroatoms. The van der Waals surface area contributed by atoms with Crippen LogP contribution >= 0.6 is 0 Å². The number of sulfonamides is 1. The van der Waals surface area contributed by atoms with Crippen LogP contribution in [-0.4, -0.2) is 8.42 Å². The maximum Gasteiger partial charge on any atom is 0.416 e. The Kier molecular flexibility index (Phi) is 6.20. The molecule has 0 fully saturated rings. The average molecular weight is 517 g/mol. The van der Waals surface area contributed by atoms with Crippen molar-refractivity contribution in [1.82, 2.24) is 0 Å². The van der Waals surface area contributed by atoms with E-state index in [1.165, 1.54) is 0 Å². The van der Waals surface area contributed by atoms with Gasteiger partial charge in [0.15, 0.2) is 23.3 Å². The molecule has 3 nitrogen and oxygen atoms in total. The third-order valence-electron chi connectivity index (χ3n) is 4.61. The normalized spacial score (nSPS) is 12.8. The molecule has 0 saturated carbocycles. The van der Waals surface area contributed by atoms with Gasteiger partial charge in [0, 0.05) is 11.1 Å². The van der Waals surface area contributed by atoms with E-state index >= 15 is 0 Å². The highest BCUT2D eigenvalue weighted by molar-refractivity contribution is 7.89. The Hall–Kier alpha value is -3.13. The fourth-order valence-electron chi connectivity index (χ4n) is 3.08. The zero-order valence-corrected chi connectivity index (χ0v) is 16.9. The average Bonchev–Trinajstić information content (AvgIpc) is 2.72. The SMILES string of the molecule is NS(=O)(=O)c1ccc(-c2c(F)c(F)c(F)c(F)c2-c2cc(C(F)(F)F)cc(C(F)(F)F)c2)cc1. The molecule has 0 atom stereocenters. The summed E-state index contributed by atoms with van der Waals surface area (Å²) in [4.78, 5) is -0.556. The van der Waals surface area contributed by atoms with Crippen molar-refractivity contribution < 1.29 is 52.3 Å². The van der Waals surface area contributed by atoms with Crippen molar-refractivity contribution in [1.29, 1.82) is 0 Å². The third kappa shape index (κ3) is 4.73. The number of hydrogen-bond acceptors (Lipinski definition) is 2. The molecule has 0 aliphatic heterocycles. The lowest BCUT2D eigenvalue weighted by Gasteiger charge is -2.18. The molecule has 3 rings (SSSR count). The zero-order chi connectivity index (χ0) is 25.8. The highest BCUT2D eigenvalue weighted by Crippen LogP contribution is 2.43. The summed E-state index contributed by atoms with van der Waals surface area (Å²) in [7, 11) is -4.29. The minimum atomic E-state index is -5.37. The molecule has 0 heterocycles. The van der Waals surface area contributed by atoms with Gasteiger partial charge in [0.25, 0.3) is 0 Å². The molecule has 0 saturated heterocycles. The predicted molar refractivity (Wildman–Crippen MR) is 98.5 cm³/mol. The lowest BCUT2D eigenvalue weighted by molar-refractivity contribution is -0.143. The summed E-state index contributed by atoms with van der Waals surface area (Å²) in [6.07, 6.45) is -10.7. The molecular weight excluding hydrogens is 508 g/mol. The second-order valence-corrected chi connectivity index (χ2v) is 8.43. The van der Waals surface area contributed by atoms with Crippen molar-refractivity contribution in [3.8, 4) is 22.3 Å². The summed E-state index contributed by atoms with van der Waals surface area (Å²) in [5.74, 6) is -9.28. The second kappa shape index (κ2) is 8.27. The highest BCUT2D eigenvalue weighted by Gasteiger charge is 2.38. The Balaban J connectivity index is 2.44. The predicted octanol–water partition coefficient (Wildman–Crippen LogP) is 6.26. The van der Waals surface area contributed by atoms with Crippen molar-refractivity contribution in [2.45, 2.75) is 17.2 Å². The minimum Gasteiger partial charge on any atom is -0.225 e. The Bertz CT molecular complexity index is 1350. The molecule has 3 aromatic rings. The topological polar surface area (TPSA) is 60.2 Å². The number of hydrogen-bond donors (Lipinski definition) is 1. The van der Waals surface area contributed by atoms with Crippen LogP contribution in [0.4, 0.5) is 43.9 Å². The monoisotopic (exact) mass is 517 g/mol. The molecule has 0 aliphatic rings. The number of alkyl halides is 6. The number of primary sulfonamides is 1. The van der Waals surface area contributed by atoms with E-state index < -0.39 is 83.9 Å². The van der Waals surface area contributed by atoms with Crippen molar-refractivity contribution in [3.63, 3.8) is 0 Å². The lowest BCUT2D eigenvalue weighted by atomic mass is 9.91. The Labute approximate surface area is 184 Å². The fraction of sp³-hybridized carbons (Fsp3) is 0.100. The summed E-state index contributed by atoms with van der Waals surface area (Å²) < 4.78 is 159. The molecule has 0 spiro atoms. The quantitative estimate of drug-likeness (QED) is 0.253. The van der Waals surface area contributed by atoms with Gasteiger partial charge >= 0.3 is 12.4 Å². The first-order valence-electron chi connectivity index (χ1n) is 8.72. The molecule has 0 aromatic heterocycles. The van der Waals surface area contributed by atoms with Gasteiger partial charge in [0.2, 0.25) is 10.0 Å². The zero-order valence-electron chi connectivity index (χ0n) is 16.1. The maximum atomic E-state index is 14.7. The molecule has 0 bridgehead atoms. The fourth-order valence-corrected chi connectivity index (χ4v) is 3.60. The van der Waals surface area contributed by atoms with Crippen LogP contribution in [0.1, 0.15) is 11.1 Å².